The number of nitrogens with one attached hydrogen (secondary N) is 1. The standard InChI is InChI=1S/C26H37N3OS/c1-2-3-4-5-6-7-13-20-29-23-16-11-10-15-22(23)28-25(29)18-9-8-12-19-27-26(30)24-17-14-21-31-24/h10-11,14-17,21H,2-9,12-13,18-20H2,1H3,(H,27,30). The second-order valence-electron chi connectivity index (χ2n) is 8.33. The Hall–Kier alpha value is -2.14. The first kappa shape index (κ1) is 23.5. The number of benzene rings is 1. The number of aryl methyl sites for hydroxylation is 2. The number of aromatic nitrogens is 2. The molecule has 1 aromatic carbocycles. The minimum absolute atomic E-state index is 0.0477. The molecule has 2 heterocycles. The monoisotopic (exact) mass is 439 g/mol. The highest BCUT2D eigenvalue weighted by Gasteiger charge is 2.10. The molecule has 0 radical (unpaired) electrons. The van der Waals surface area contributed by atoms with Crippen LogP contribution in [0.1, 0.15) is 86.6 Å². The lowest BCUT2D eigenvalue weighted by molar-refractivity contribution is 0.0957. The average molecular weight is 440 g/mol. The van der Waals surface area contributed by atoms with Crippen molar-refractivity contribution in [3.63, 3.8) is 0 Å². The van der Waals surface area contributed by atoms with Gasteiger partial charge in [-0.2, -0.15) is 0 Å². The van der Waals surface area contributed by atoms with Crippen LogP contribution in [-0.2, 0) is 13.0 Å². The lowest BCUT2D eigenvalue weighted by atomic mass is 10.1. The molecule has 3 aromatic rings. The van der Waals surface area contributed by atoms with Crippen LogP contribution < -0.4 is 5.32 Å². The molecule has 168 valence electrons. The molecule has 5 heteroatoms. The number of imidazole rings is 1. The van der Waals surface area contributed by atoms with Crippen LogP contribution in [0.4, 0.5) is 0 Å². The third kappa shape index (κ3) is 7.49. The molecular weight excluding hydrogens is 402 g/mol. The number of rotatable bonds is 15. The van der Waals surface area contributed by atoms with Gasteiger partial charge in [-0.1, -0.05) is 70.1 Å². The van der Waals surface area contributed by atoms with Crippen LogP contribution in [0.25, 0.3) is 11.0 Å². The number of unbranched alkanes of at least 4 members (excludes halogenated alkanes) is 8. The Balaban J connectivity index is 1.41. The van der Waals surface area contributed by atoms with Gasteiger partial charge in [0.1, 0.15) is 5.82 Å². The second-order valence-corrected chi connectivity index (χ2v) is 9.28. The maximum Gasteiger partial charge on any atom is 0.261 e. The number of para-hydroxylation sites is 2. The number of thiophene rings is 1. The minimum atomic E-state index is 0.0477. The number of hydrogen-bond donors (Lipinski definition) is 1. The first-order chi connectivity index (χ1) is 15.3. The summed E-state index contributed by atoms with van der Waals surface area (Å²) in [6.07, 6.45) is 13.5. The van der Waals surface area contributed by atoms with Gasteiger partial charge in [0, 0.05) is 19.5 Å². The summed E-state index contributed by atoms with van der Waals surface area (Å²) < 4.78 is 2.44. The van der Waals surface area contributed by atoms with E-state index in [9.17, 15) is 4.79 Å². The van der Waals surface area contributed by atoms with E-state index >= 15 is 0 Å². The fourth-order valence-electron chi connectivity index (χ4n) is 4.07. The molecule has 0 bridgehead atoms. The third-order valence-corrected chi connectivity index (χ3v) is 6.70. The maximum atomic E-state index is 12.0. The quantitative estimate of drug-likeness (QED) is 0.259. The number of fused-ring (bicyclic) bond motifs is 1. The van der Waals surface area contributed by atoms with Crippen molar-refractivity contribution in [2.75, 3.05) is 6.54 Å². The summed E-state index contributed by atoms with van der Waals surface area (Å²) in [7, 11) is 0. The number of hydrogen-bond acceptors (Lipinski definition) is 3. The van der Waals surface area contributed by atoms with Crippen LogP contribution in [-0.4, -0.2) is 22.0 Å². The minimum Gasteiger partial charge on any atom is -0.351 e. The molecule has 2 aromatic heterocycles. The van der Waals surface area contributed by atoms with Crippen LogP contribution in [0.3, 0.4) is 0 Å². The molecule has 3 rings (SSSR count). The van der Waals surface area contributed by atoms with Crippen LogP contribution >= 0.6 is 11.3 Å². The molecule has 1 N–H and O–H groups in total. The first-order valence-corrected chi connectivity index (χ1v) is 12.9. The Morgan fingerprint density at radius 3 is 2.52 bits per heavy atom. The fraction of sp³-hybridized carbons (Fsp3) is 0.538. The Morgan fingerprint density at radius 1 is 0.935 bits per heavy atom. The molecule has 0 spiro atoms. The zero-order valence-electron chi connectivity index (χ0n) is 18.9. The molecule has 1 amide bonds. The molecule has 0 aliphatic heterocycles. The van der Waals surface area contributed by atoms with E-state index in [1.54, 1.807) is 0 Å². The van der Waals surface area contributed by atoms with Gasteiger partial charge in [-0.15, -0.1) is 11.3 Å². The molecule has 0 unspecified atom stereocenters. The van der Waals surface area contributed by atoms with E-state index in [0.29, 0.717) is 0 Å². The summed E-state index contributed by atoms with van der Waals surface area (Å²) >= 11 is 1.49. The average Bonchev–Trinajstić information content (AvgIpc) is 3.44. The highest BCUT2D eigenvalue weighted by atomic mass is 32.1. The molecule has 0 aliphatic carbocycles. The topological polar surface area (TPSA) is 46.9 Å². The van der Waals surface area contributed by atoms with Gasteiger partial charge in [-0.25, -0.2) is 4.98 Å². The number of amides is 1. The van der Waals surface area contributed by atoms with E-state index in [4.69, 9.17) is 4.98 Å². The Kier molecular flexibility index (Phi) is 10.1. The lowest BCUT2D eigenvalue weighted by Gasteiger charge is -2.10. The third-order valence-electron chi connectivity index (χ3n) is 5.83. The fourth-order valence-corrected chi connectivity index (χ4v) is 4.71. The van der Waals surface area contributed by atoms with Crippen molar-refractivity contribution in [3.8, 4) is 0 Å². The van der Waals surface area contributed by atoms with Crippen LogP contribution in [0.15, 0.2) is 41.8 Å². The van der Waals surface area contributed by atoms with Gasteiger partial charge in [0.15, 0.2) is 0 Å². The van der Waals surface area contributed by atoms with E-state index in [1.807, 2.05) is 17.5 Å². The summed E-state index contributed by atoms with van der Waals surface area (Å²) in [5.74, 6) is 1.27. The molecule has 0 atom stereocenters. The number of carbonyl (C=O) groups is 1. The molecule has 0 aliphatic rings. The van der Waals surface area contributed by atoms with Crippen molar-refractivity contribution in [1.29, 1.82) is 0 Å². The van der Waals surface area contributed by atoms with Crippen molar-refractivity contribution in [1.82, 2.24) is 14.9 Å². The van der Waals surface area contributed by atoms with Crippen LogP contribution in [0.2, 0.25) is 0 Å². The SMILES string of the molecule is CCCCCCCCCn1c(CCCCCNC(=O)c2cccs2)nc2ccccc21. The molecule has 0 fully saturated rings. The van der Waals surface area contributed by atoms with Gasteiger partial charge >= 0.3 is 0 Å². The highest BCUT2D eigenvalue weighted by Crippen LogP contribution is 2.19. The number of nitrogens with zero attached hydrogens (tertiary/aromatic N) is 2. The Bertz CT molecular complexity index is 901. The number of carbonyl (C=O) groups excluding carboxylic acids is 1. The first-order valence-electron chi connectivity index (χ1n) is 12.1. The van der Waals surface area contributed by atoms with E-state index in [0.717, 1.165) is 49.2 Å². The van der Waals surface area contributed by atoms with Gasteiger partial charge in [-0.3, -0.25) is 4.79 Å². The molecule has 31 heavy (non-hydrogen) atoms. The molecule has 4 nitrogen and oxygen atoms in total. The maximum absolute atomic E-state index is 12.0. The second kappa shape index (κ2) is 13.3. The zero-order valence-corrected chi connectivity index (χ0v) is 19.8. The van der Waals surface area contributed by atoms with Gasteiger partial charge in [-0.05, 0) is 42.8 Å². The van der Waals surface area contributed by atoms with Gasteiger partial charge in [0.25, 0.3) is 5.91 Å². The lowest BCUT2D eigenvalue weighted by Crippen LogP contribution is -2.23. The summed E-state index contributed by atoms with van der Waals surface area (Å²) in [6, 6.07) is 12.3. The van der Waals surface area contributed by atoms with Crippen LogP contribution in [0, 0.1) is 0 Å². The van der Waals surface area contributed by atoms with E-state index in [1.165, 1.54) is 67.6 Å². The van der Waals surface area contributed by atoms with Crippen molar-refractivity contribution in [2.45, 2.75) is 84.1 Å². The molecule has 0 saturated carbocycles. The van der Waals surface area contributed by atoms with Gasteiger partial charge < -0.3 is 9.88 Å². The Morgan fingerprint density at radius 2 is 1.71 bits per heavy atom. The zero-order chi connectivity index (χ0) is 21.7. The van der Waals surface area contributed by atoms with Gasteiger partial charge in [0.05, 0.1) is 15.9 Å². The largest absolute Gasteiger partial charge is 0.351 e. The summed E-state index contributed by atoms with van der Waals surface area (Å²) in [5, 5.41) is 4.96. The van der Waals surface area contributed by atoms with E-state index in [-0.39, 0.29) is 5.91 Å². The predicted octanol–water partition coefficient (Wildman–Crippen LogP) is 6.99. The smallest absolute Gasteiger partial charge is 0.261 e. The Labute approximate surface area is 191 Å². The summed E-state index contributed by atoms with van der Waals surface area (Å²) in [4.78, 5) is 17.7. The van der Waals surface area contributed by atoms with Crippen molar-refractivity contribution < 1.29 is 4.79 Å². The normalized spacial score (nSPS) is 11.3. The molecule has 0 saturated heterocycles. The highest BCUT2D eigenvalue weighted by molar-refractivity contribution is 7.12. The summed E-state index contributed by atoms with van der Waals surface area (Å²) in [6.45, 7) is 4.08. The van der Waals surface area contributed by atoms with Crippen molar-refractivity contribution >= 4 is 28.3 Å². The van der Waals surface area contributed by atoms with Crippen molar-refractivity contribution in [3.05, 3.63) is 52.5 Å². The predicted molar refractivity (Wildman–Crippen MR) is 132 cm³/mol. The van der Waals surface area contributed by atoms with Crippen molar-refractivity contribution in [2.24, 2.45) is 0 Å². The van der Waals surface area contributed by atoms with Crippen LogP contribution in [0.5, 0.6) is 0 Å². The van der Waals surface area contributed by atoms with Gasteiger partial charge in [0.2, 0.25) is 0 Å². The summed E-state index contributed by atoms with van der Waals surface area (Å²) in [5.41, 5.74) is 2.38. The van der Waals surface area contributed by atoms with E-state index in [2.05, 4.69) is 41.1 Å². The van der Waals surface area contributed by atoms with E-state index < -0.39 is 0 Å². The molecular formula is C26H37N3OS.